The van der Waals surface area contributed by atoms with Crippen LogP contribution >= 0.6 is 0 Å². The zero-order valence-electron chi connectivity index (χ0n) is 19.7. The van der Waals surface area contributed by atoms with Gasteiger partial charge in [-0.15, -0.1) is 0 Å². The summed E-state index contributed by atoms with van der Waals surface area (Å²) in [5.41, 5.74) is -3.02. The highest BCUT2D eigenvalue weighted by Crippen LogP contribution is 2.53. The maximum absolute atomic E-state index is 14.0. The Morgan fingerprint density at radius 2 is 2.00 bits per heavy atom. The van der Waals surface area contributed by atoms with Crippen LogP contribution in [0.1, 0.15) is 44.6 Å². The summed E-state index contributed by atoms with van der Waals surface area (Å²) in [7, 11) is 1.60. The number of rotatable bonds is 6. The Hall–Kier alpha value is -2.15. The Balaban J connectivity index is 1.49. The third-order valence-electron chi connectivity index (χ3n) is 6.92. The molecule has 0 aromatic heterocycles. The first-order valence-electron chi connectivity index (χ1n) is 11.9. The summed E-state index contributed by atoms with van der Waals surface area (Å²) in [6, 6.07) is 2.05. The van der Waals surface area contributed by atoms with Crippen molar-refractivity contribution in [3.8, 4) is 5.75 Å². The van der Waals surface area contributed by atoms with Crippen molar-refractivity contribution in [2.45, 2.75) is 81.4 Å². The molecule has 3 heterocycles. The maximum Gasteiger partial charge on any atom is 0.421 e. The van der Waals surface area contributed by atoms with Crippen molar-refractivity contribution in [2.24, 2.45) is 0 Å². The van der Waals surface area contributed by atoms with E-state index in [9.17, 15) is 22.4 Å². The van der Waals surface area contributed by atoms with Gasteiger partial charge in [0.2, 0.25) is 0 Å². The Labute approximate surface area is 201 Å². The van der Waals surface area contributed by atoms with E-state index in [1.165, 1.54) is 6.07 Å². The van der Waals surface area contributed by atoms with Crippen LogP contribution < -0.4 is 26.0 Å². The topological polar surface area (TPSA) is 92.9 Å². The molecular formula is C23H32F4N4O4. The van der Waals surface area contributed by atoms with E-state index in [4.69, 9.17) is 14.2 Å². The van der Waals surface area contributed by atoms with Crippen molar-refractivity contribution in [3.63, 3.8) is 0 Å². The van der Waals surface area contributed by atoms with Gasteiger partial charge in [-0.2, -0.15) is 13.2 Å². The minimum absolute atomic E-state index is 0.00780. The first-order chi connectivity index (χ1) is 16.6. The lowest BCUT2D eigenvalue weighted by Gasteiger charge is -2.44. The zero-order chi connectivity index (χ0) is 25.2. The summed E-state index contributed by atoms with van der Waals surface area (Å²) in [5, 5.41) is 12.2. The number of piperidine rings is 2. The Morgan fingerprint density at radius 3 is 2.66 bits per heavy atom. The quantitative estimate of drug-likeness (QED) is 0.446. The van der Waals surface area contributed by atoms with Gasteiger partial charge in [0.05, 0.1) is 12.6 Å². The third-order valence-corrected chi connectivity index (χ3v) is 6.92. The van der Waals surface area contributed by atoms with Crippen molar-refractivity contribution in [2.75, 3.05) is 20.3 Å². The first kappa shape index (κ1) is 25.9. The molecule has 196 valence electrons. The van der Waals surface area contributed by atoms with E-state index in [1.807, 2.05) is 6.92 Å². The van der Waals surface area contributed by atoms with E-state index < -0.39 is 41.5 Å². The normalized spacial score (nSPS) is 33.5. The maximum atomic E-state index is 14.0. The number of urea groups is 1. The fraction of sp³-hybridized carbons (Fsp3) is 0.696. The van der Waals surface area contributed by atoms with Gasteiger partial charge in [0.15, 0.2) is 11.8 Å². The van der Waals surface area contributed by atoms with Crippen LogP contribution in [0.2, 0.25) is 0 Å². The number of methoxy groups -OCH3 is 1. The predicted molar refractivity (Wildman–Crippen MR) is 118 cm³/mol. The number of amides is 2. The molecule has 35 heavy (non-hydrogen) atoms. The smallest absolute Gasteiger partial charge is 0.421 e. The predicted octanol–water partition coefficient (Wildman–Crippen LogP) is 2.87. The second-order valence-corrected chi connectivity index (χ2v) is 9.37. The molecule has 3 aliphatic heterocycles. The molecule has 6 atom stereocenters. The second kappa shape index (κ2) is 10.5. The van der Waals surface area contributed by atoms with Crippen LogP contribution in [0.5, 0.6) is 5.75 Å². The molecule has 1 aromatic rings. The van der Waals surface area contributed by atoms with Gasteiger partial charge in [0, 0.05) is 37.6 Å². The molecule has 4 rings (SSSR count). The van der Waals surface area contributed by atoms with Gasteiger partial charge in [-0.3, -0.25) is 10.6 Å². The van der Waals surface area contributed by atoms with Gasteiger partial charge in [0.25, 0.3) is 0 Å². The summed E-state index contributed by atoms with van der Waals surface area (Å²) in [5.74, 6) is -0.953. The highest BCUT2D eigenvalue weighted by molar-refractivity contribution is 5.74. The van der Waals surface area contributed by atoms with Gasteiger partial charge >= 0.3 is 12.2 Å². The Kier molecular flexibility index (Phi) is 7.74. The SMILES string of the molecule is COC1CC(NC(=O)NC2CCC(C)NC2Oc2ccc(F)cc2C2(C(F)(F)F)CCO2)CCN1. The van der Waals surface area contributed by atoms with E-state index in [-0.39, 0.29) is 37.1 Å². The minimum atomic E-state index is -4.74. The van der Waals surface area contributed by atoms with Gasteiger partial charge in [-0.1, -0.05) is 0 Å². The molecule has 0 saturated carbocycles. The van der Waals surface area contributed by atoms with E-state index in [1.54, 1.807) is 7.11 Å². The van der Waals surface area contributed by atoms with Crippen molar-refractivity contribution >= 4 is 6.03 Å². The molecular weight excluding hydrogens is 472 g/mol. The lowest BCUT2D eigenvalue weighted by molar-refractivity contribution is -0.334. The average molecular weight is 505 g/mol. The third kappa shape index (κ3) is 5.65. The molecule has 0 aliphatic carbocycles. The lowest BCUT2D eigenvalue weighted by atomic mass is 9.85. The van der Waals surface area contributed by atoms with Crippen LogP contribution in [0.25, 0.3) is 0 Å². The van der Waals surface area contributed by atoms with Crippen molar-refractivity contribution in [3.05, 3.63) is 29.6 Å². The first-order valence-corrected chi connectivity index (χ1v) is 11.9. The molecule has 3 fully saturated rings. The molecule has 12 heteroatoms. The van der Waals surface area contributed by atoms with Crippen LogP contribution in [0, 0.1) is 5.82 Å². The van der Waals surface area contributed by atoms with Crippen molar-refractivity contribution in [1.29, 1.82) is 0 Å². The van der Waals surface area contributed by atoms with E-state index in [2.05, 4.69) is 21.3 Å². The molecule has 6 unspecified atom stereocenters. The zero-order valence-corrected chi connectivity index (χ0v) is 19.7. The average Bonchev–Trinajstić information content (AvgIpc) is 2.75. The molecule has 1 aromatic carbocycles. The fourth-order valence-corrected chi connectivity index (χ4v) is 4.86. The molecule has 3 saturated heterocycles. The van der Waals surface area contributed by atoms with Gasteiger partial charge < -0.3 is 24.8 Å². The Bertz CT molecular complexity index is 899. The van der Waals surface area contributed by atoms with Crippen LogP contribution in [0.3, 0.4) is 0 Å². The molecule has 0 spiro atoms. The molecule has 0 radical (unpaired) electrons. The lowest BCUT2D eigenvalue weighted by Crippen LogP contribution is -2.61. The number of benzene rings is 1. The Morgan fingerprint density at radius 1 is 1.23 bits per heavy atom. The van der Waals surface area contributed by atoms with Gasteiger partial charge in [-0.05, 0) is 50.9 Å². The second-order valence-electron chi connectivity index (χ2n) is 9.37. The molecule has 4 N–H and O–H groups in total. The fourth-order valence-electron chi connectivity index (χ4n) is 4.86. The number of carbonyl (C=O) groups excluding carboxylic acids is 1. The summed E-state index contributed by atoms with van der Waals surface area (Å²) in [4.78, 5) is 12.7. The molecule has 8 nitrogen and oxygen atoms in total. The monoisotopic (exact) mass is 504 g/mol. The summed E-state index contributed by atoms with van der Waals surface area (Å²) >= 11 is 0. The largest absolute Gasteiger partial charge is 0.473 e. The highest BCUT2D eigenvalue weighted by Gasteiger charge is 2.62. The number of carbonyl (C=O) groups is 1. The minimum Gasteiger partial charge on any atom is -0.473 e. The number of alkyl halides is 3. The number of hydrogen-bond acceptors (Lipinski definition) is 6. The summed E-state index contributed by atoms with van der Waals surface area (Å²) < 4.78 is 72.1. The summed E-state index contributed by atoms with van der Waals surface area (Å²) in [6.07, 6.45) is -3.39. The van der Waals surface area contributed by atoms with E-state index >= 15 is 0 Å². The van der Waals surface area contributed by atoms with Crippen molar-refractivity contribution in [1.82, 2.24) is 21.3 Å². The van der Waals surface area contributed by atoms with Gasteiger partial charge in [0.1, 0.15) is 17.8 Å². The standard InChI is InChI=1S/C23H32F4N4O4/c1-13-3-5-17(31-21(32)30-15-7-9-28-19(12-15)33-2)20(29-13)35-18-6-4-14(24)11-16(18)22(8-10-34-22)23(25,26)27/h4,6,11,13,15,17,19-20,28-29H,3,5,7-10,12H2,1-2H3,(H2,30,31,32). The molecule has 2 amide bonds. The van der Waals surface area contributed by atoms with E-state index in [0.29, 0.717) is 19.4 Å². The highest BCUT2D eigenvalue weighted by atomic mass is 19.4. The molecule has 3 aliphatic rings. The van der Waals surface area contributed by atoms with Crippen LogP contribution in [-0.2, 0) is 15.1 Å². The van der Waals surface area contributed by atoms with Crippen molar-refractivity contribution < 1.29 is 36.6 Å². The number of halogens is 4. The number of nitrogens with one attached hydrogen (secondary N) is 4. The van der Waals surface area contributed by atoms with Gasteiger partial charge in [-0.25, -0.2) is 9.18 Å². The van der Waals surface area contributed by atoms with E-state index in [0.717, 1.165) is 25.0 Å². The number of ether oxygens (including phenoxy) is 3. The van der Waals surface area contributed by atoms with Crippen LogP contribution in [-0.4, -0.2) is 63.1 Å². The number of hydrogen-bond donors (Lipinski definition) is 4. The summed E-state index contributed by atoms with van der Waals surface area (Å²) in [6.45, 7) is 2.54. The van der Waals surface area contributed by atoms with Crippen LogP contribution in [0.4, 0.5) is 22.4 Å². The van der Waals surface area contributed by atoms with Crippen LogP contribution in [0.15, 0.2) is 18.2 Å². The molecule has 0 bridgehead atoms.